The first-order valence-electron chi connectivity index (χ1n) is 14.3. The van der Waals surface area contributed by atoms with E-state index >= 15 is 4.39 Å². The summed E-state index contributed by atoms with van der Waals surface area (Å²) in [6.07, 6.45) is 3.22. The number of halogens is 4. The van der Waals surface area contributed by atoms with Crippen LogP contribution in [0.1, 0.15) is 26.2 Å². The summed E-state index contributed by atoms with van der Waals surface area (Å²) in [6.45, 7) is 3.23. The Hall–Kier alpha value is -3.41. The number of hydrogen-bond acceptors (Lipinski definition) is 8. The van der Waals surface area contributed by atoms with Gasteiger partial charge < -0.3 is 25.0 Å². The number of hydrogen-bond donors (Lipinski definition) is 2. The number of phenols is 1. The molecule has 2 aromatic heterocycles. The fraction of sp³-hybridized carbons (Fsp3) is 0.452. The van der Waals surface area contributed by atoms with E-state index in [1.807, 2.05) is 0 Å². The standard InChI is InChI=1S/C31H32ClF3N6O2/c1-29-8-7-18(39-29)12-41(14-29)27-21-11-36-25(20-10-19(42)9-17-5-4-6-22(32)23(17)20)24(33)26(21)37-28(38-27)43-16-30(15-40(2)3)13-31(30,34)35/h4-6,9-11,18,39,42H,7-8,12-16H2,1-3H3/t18-,29+,30-/m1/s1. The first kappa shape index (κ1) is 28.4. The van der Waals surface area contributed by atoms with Crippen LogP contribution in [0.5, 0.6) is 11.8 Å². The molecule has 0 amide bonds. The maximum Gasteiger partial charge on any atom is 0.319 e. The highest BCUT2D eigenvalue weighted by atomic mass is 35.5. The van der Waals surface area contributed by atoms with Crippen molar-refractivity contribution in [2.75, 3.05) is 45.2 Å². The van der Waals surface area contributed by atoms with Crippen molar-refractivity contribution in [3.8, 4) is 23.0 Å². The van der Waals surface area contributed by atoms with Gasteiger partial charge in [0.2, 0.25) is 0 Å². The summed E-state index contributed by atoms with van der Waals surface area (Å²) in [5, 5.41) is 16.0. The number of phenolic OH excluding ortho intramolecular Hbond substituents is 1. The number of aromatic hydroxyl groups is 1. The predicted octanol–water partition coefficient (Wildman–Crippen LogP) is 5.64. The summed E-state index contributed by atoms with van der Waals surface area (Å²) < 4.78 is 51.5. The molecule has 3 atom stereocenters. The molecule has 3 aliphatic rings. The molecule has 0 unspecified atom stereocenters. The molecule has 3 fully saturated rings. The van der Waals surface area contributed by atoms with Crippen molar-refractivity contribution in [2.45, 2.75) is 43.7 Å². The van der Waals surface area contributed by atoms with Crippen LogP contribution in [0.25, 0.3) is 32.9 Å². The summed E-state index contributed by atoms with van der Waals surface area (Å²) in [7, 11) is 3.47. The van der Waals surface area contributed by atoms with Crippen molar-refractivity contribution >= 4 is 39.1 Å². The fourth-order valence-electron chi connectivity index (χ4n) is 6.94. The average Bonchev–Trinajstić information content (AvgIpc) is 3.35. The van der Waals surface area contributed by atoms with Crippen LogP contribution < -0.4 is 15.0 Å². The highest BCUT2D eigenvalue weighted by molar-refractivity contribution is 6.36. The molecule has 2 bridgehead atoms. The molecule has 4 aromatic rings. The minimum absolute atomic E-state index is 0.0474. The lowest BCUT2D eigenvalue weighted by Gasteiger charge is -2.40. The second-order valence-corrected chi connectivity index (χ2v) is 13.3. The Kier molecular flexibility index (Phi) is 6.47. The van der Waals surface area contributed by atoms with Crippen LogP contribution in [0.15, 0.2) is 36.5 Å². The van der Waals surface area contributed by atoms with E-state index in [0.29, 0.717) is 45.7 Å². The third-order valence-corrected chi connectivity index (χ3v) is 9.31. The zero-order valence-electron chi connectivity index (χ0n) is 24.1. The molecule has 4 heterocycles. The lowest BCUT2D eigenvalue weighted by molar-refractivity contribution is 0.0288. The maximum atomic E-state index is 16.6. The van der Waals surface area contributed by atoms with E-state index in [4.69, 9.17) is 16.3 Å². The Bertz CT molecular complexity index is 1770. The van der Waals surface area contributed by atoms with Crippen LogP contribution in [0.3, 0.4) is 0 Å². The highest BCUT2D eigenvalue weighted by Crippen LogP contribution is 2.60. The molecule has 226 valence electrons. The van der Waals surface area contributed by atoms with E-state index in [1.165, 1.54) is 12.3 Å². The summed E-state index contributed by atoms with van der Waals surface area (Å²) in [5.74, 6) is -3.25. The normalized spacial score (nSPS) is 26.0. The first-order chi connectivity index (χ1) is 20.4. The molecule has 2 N–H and O–H groups in total. The van der Waals surface area contributed by atoms with Crippen molar-refractivity contribution in [3.05, 3.63) is 47.4 Å². The molecule has 1 saturated carbocycles. The van der Waals surface area contributed by atoms with Gasteiger partial charge in [-0.3, -0.25) is 4.98 Å². The number of piperazine rings is 1. The van der Waals surface area contributed by atoms with Gasteiger partial charge in [0.15, 0.2) is 5.82 Å². The molecule has 0 spiro atoms. The summed E-state index contributed by atoms with van der Waals surface area (Å²) in [4.78, 5) is 17.4. The molecular weight excluding hydrogens is 581 g/mol. The topological polar surface area (TPSA) is 86.6 Å². The molecule has 43 heavy (non-hydrogen) atoms. The minimum atomic E-state index is -2.87. The third kappa shape index (κ3) is 4.81. The van der Waals surface area contributed by atoms with Gasteiger partial charge in [-0.2, -0.15) is 9.97 Å². The number of rotatable bonds is 7. The van der Waals surface area contributed by atoms with Crippen molar-refractivity contribution in [1.82, 2.24) is 25.2 Å². The van der Waals surface area contributed by atoms with E-state index in [2.05, 4.69) is 32.1 Å². The molecular formula is C31H32ClF3N6O2. The summed E-state index contributed by atoms with van der Waals surface area (Å²) in [6, 6.07) is 8.23. The van der Waals surface area contributed by atoms with E-state index < -0.39 is 17.2 Å². The van der Waals surface area contributed by atoms with Gasteiger partial charge in [0.25, 0.3) is 5.92 Å². The lowest BCUT2D eigenvalue weighted by atomic mass is 9.99. The second kappa shape index (κ2) is 9.80. The van der Waals surface area contributed by atoms with Crippen LogP contribution in [-0.4, -0.2) is 82.8 Å². The molecule has 1 aliphatic carbocycles. The van der Waals surface area contributed by atoms with Gasteiger partial charge in [-0.25, -0.2) is 13.2 Å². The average molecular weight is 613 g/mol. The number of fused-ring (bicyclic) bond motifs is 4. The minimum Gasteiger partial charge on any atom is -0.508 e. The van der Waals surface area contributed by atoms with Crippen molar-refractivity contribution in [3.63, 3.8) is 0 Å². The molecule has 2 aliphatic heterocycles. The Morgan fingerprint density at radius 2 is 2.02 bits per heavy atom. The molecule has 2 aromatic carbocycles. The number of nitrogens with one attached hydrogen (secondary N) is 1. The van der Waals surface area contributed by atoms with E-state index in [9.17, 15) is 13.9 Å². The third-order valence-electron chi connectivity index (χ3n) is 8.99. The molecule has 7 rings (SSSR count). The van der Waals surface area contributed by atoms with Gasteiger partial charge in [-0.05, 0) is 57.4 Å². The SMILES string of the molecule is CN(C)C[C@@]1(COc2nc(N3C[C@H]4CC[C@@](C)(C3)N4)c3cnc(-c4cc(O)cc5cccc(Cl)c45)c(F)c3n2)CC1(F)F. The van der Waals surface area contributed by atoms with Crippen LogP contribution in [-0.2, 0) is 0 Å². The molecule has 12 heteroatoms. The Morgan fingerprint density at radius 3 is 2.74 bits per heavy atom. The number of alkyl halides is 2. The number of ether oxygens (including phenoxy) is 1. The van der Waals surface area contributed by atoms with Gasteiger partial charge >= 0.3 is 6.01 Å². The number of benzene rings is 2. The van der Waals surface area contributed by atoms with Crippen LogP contribution >= 0.6 is 11.6 Å². The molecule has 8 nitrogen and oxygen atoms in total. The zero-order chi connectivity index (χ0) is 30.3. The van der Waals surface area contributed by atoms with Gasteiger partial charge in [0.1, 0.15) is 29.4 Å². The van der Waals surface area contributed by atoms with Gasteiger partial charge in [0.05, 0.1) is 10.8 Å². The smallest absolute Gasteiger partial charge is 0.319 e. The summed E-state index contributed by atoms with van der Waals surface area (Å²) in [5.41, 5.74) is -1.31. The lowest BCUT2D eigenvalue weighted by Crippen LogP contribution is -2.58. The Morgan fingerprint density at radius 1 is 1.23 bits per heavy atom. The van der Waals surface area contributed by atoms with Crippen molar-refractivity contribution < 1.29 is 23.0 Å². The van der Waals surface area contributed by atoms with Crippen molar-refractivity contribution in [1.29, 1.82) is 0 Å². The summed E-state index contributed by atoms with van der Waals surface area (Å²) >= 11 is 6.53. The second-order valence-electron chi connectivity index (χ2n) is 12.9. The van der Waals surface area contributed by atoms with Gasteiger partial charge in [-0.15, -0.1) is 0 Å². The van der Waals surface area contributed by atoms with Gasteiger partial charge in [-0.1, -0.05) is 23.7 Å². The fourth-order valence-corrected chi connectivity index (χ4v) is 7.22. The van der Waals surface area contributed by atoms with E-state index in [-0.39, 0.29) is 54.1 Å². The van der Waals surface area contributed by atoms with E-state index in [1.54, 1.807) is 43.3 Å². The predicted molar refractivity (Wildman–Crippen MR) is 160 cm³/mol. The van der Waals surface area contributed by atoms with Crippen LogP contribution in [0, 0.1) is 11.2 Å². The van der Waals surface area contributed by atoms with Crippen LogP contribution in [0.4, 0.5) is 19.0 Å². The number of anilines is 1. The quantitative estimate of drug-likeness (QED) is 0.277. The largest absolute Gasteiger partial charge is 0.508 e. The van der Waals surface area contributed by atoms with Gasteiger partial charge in [0, 0.05) is 59.8 Å². The zero-order valence-corrected chi connectivity index (χ0v) is 24.9. The highest BCUT2D eigenvalue weighted by Gasteiger charge is 2.71. The first-order valence-corrected chi connectivity index (χ1v) is 14.7. The maximum absolute atomic E-state index is 16.6. The Balaban J connectivity index is 1.37. The van der Waals surface area contributed by atoms with Crippen LogP contribution in [0.2, 0.25) is 5.02 Å². The number of aromatic nitrogens is 3. The number of pyridine rings is 1. The molecule has 2 saturated heterocycles. The monoisotopic (exact) mass is 612 g/mol. The molecule has 0 radical (unpaired) electrons. The van der Waals surface area contributed by atoms with E-state index in [0.717, 1.165) is 12.8 Å². The number of nitrogens with zero attached hydrogens (tertiary/aromatic N) is 5. The Labute approximate surface area is 251 Å². The van der Waals surface area contributed by atoms with Crippen molar-refractivity contribution in [2.24, 2.45) is 5.41 Å².